The first-order valence-electron chi connectivity index (χ1n) is 7.79. The Morgan fingerprint density at radius 3 is 2.75 bits per heavy atom. The monoisotopic (exact) mass is 347 g/mol. The van der Waals surface area contributed by atoms with E-state index in [-0.39, 0.29) is 5.92 Å². The third-order valence-corrected chi connectivity index (χ3v) is 3.45. The topological polar surface area (TPSA) is 64.1 Å². The summed E-state index contributed by atoms with van der Waals surface area (Å²) in [5, 5.41) is 3.15. The number of anilines is 1. The van der Waals surface area contributed by atoms with Crippen LogP contribution in [0.1, 0.15) is 44.9 Å². The van der Waals surface area contributed by atoms with Gasteiger partial charge >= 0.3 is 6.09 Å². The van der Waals surface area contributed by atoms with E-state index in [0.29, 0.717) is 17.3 Å². The molecule has 0 unspecified atom stereocenters. The fourth-order valence-electron chi connectivity index (χ4n) is 2.25. The number of hydrogen-bond donors (Lipinski definition) is 1. The van der Waals surface area contributed by atoms with E-state index >= 15 is 0 Å². The maximum atomic E-state index is 11.9. The van der Waals surface area contributed by atoms with Crippen molar-refractivity contribution in [3.8, 4) is 0 Å². The molecule has 5 nitrogen and oxygen atoms in total. The molecule has 24 heavy (non-hydrogen) atoms. The molecule has 0 fully saturated rings. The second kappa shape index (κ2) is 7.62. The van der Waals surface area contributed by atoms with Crippen LogP contribution in [0.25, 0.3) is 0 Å². The predicted octanol–water partition coefficient (Wildman–Crippen LogP) is 4.82. The van der Waals surface area contributed by atoms with Crippen molar-refractivity contribution in [2.75, 3.05) is 5.32 Å². The predicted molar refractivity (Wildman–Crippen MR) is 95.5 cm³/mol. The first kappa shape index (κ1) is 18.2. The highest BCUT2D eigenvalue weighted by atomic mass is 35.5. The summed E-state index contributed by atoms with van der Waals surface area (Å²) >= 11 is 5.87. The molecule has 0 aliphatic heterocycles. The molecular formula is C18H22ClN3O2. The molecule has 1 N–H and O–H groups in total. The first-order valence-corrected chi connectivity index (χ1v) is 8.17. The van der Waals surface area contributed by atoms with Gasteiger partial charge in [0.25, 0.3) is 0 Å². The van der Waals surface area contributed by atoms with Crippen molar-refractivity contribution in [3.63, 3.8) is 0 Å². The van der Waals surface area contributed by atoms with Crippen molar-refractivity contribution in [3.05, 3.63) is 53.1 Å². The van der Waals surface area contributed by atoms with E-state index in [1.54, 1.807) is 6.20 Å². The molecule has 1 heterocycles. The number of amides is 1. The zero-order valence-electron chi connectivity index (χ0n) is 14.3. The minimum Gasteiger partial charge on any atom is -0.444 e. The number of nitrogens with one attached hydrogen (secondary N) is 1. The van der Waals surface area contributed by atoms with Crippen molar-refractivity contribution < 1.29 is 9.53 Å². The van der Waals surface area contributed by atoms with Crippen LogP contribution in [-0.4, -0.2) is 21.7 Å². The normalized spacial score (nSPS) is 12.5. The average molecular weight is 348 g/mol. The van der Waals surface area contributed by atoms with Gasteiger partial charge in [0, 0.05) is 11.9 Å². The summed E-state index contributed by atoms with van der Waals surface area (Å²) in [5.74, 6) is 0.207. The number of carbonyl (C=O) groups is 1. The van der Waals surface area contributed by atoms with Crippen molar-refractivity contribution in [2.24, 2.45) is 0 Å². The van der Waals surface area contributed by atoms with Gasteiger partial charge in [-0.2, -0.15) is 0 Å². The molecule has 2 rings (SSSR count). The maximum Gasteiger partial charge on any atom is 0.412 e. The minimum absolute atomic E-state index is 0.207. The summed E-state index contributed by atoms with van der Waals surface area (Å²) in [7, 11) is 0. The summed E-state index contributed by atoms with van der Waals surface area (Å²) in [6.45, 7) is 7.58. The van der Waals surface area contributed by atoms with Crippen LogP contribution in [0, 0.1) is 0 Å². The third kappa shape index (κ3) is 5.81. The zero-order valence-corrected chi connectivity index (χ0v) is 15.1. The summed E-state index contributed by atoms with van der Waals surface area (Å²) < 4.78 is 5.27. The maximum absolute atomic E-state index is 11.9. The number of halogens is 1. The van der Waals surface area contributed by atoms with Crippen LogP contribution in [0.5, 0.6) is 0 Å². The van der Waals surface area contributed by atoms with E-state index in [4.69, 9.17) is 16.3 Å². The van der Waals surface area contributed by atoms with Gasteiger partial charge in [-0.15, -0.1) is 0 Å². The van der Waals surface area contributed by atoms with Gasteiger partial charge in [0.1, 0.15) is 10.8 Å². The van der Waals surface area contributed by atoms with E-state index in [0.717, 1.165) is 11.3 Å². The van der Waals surface area contributed by atoms with Gasteiger partial charge in [-0.25, -0.2) is 9.78 Å². The summed E-state index contributed by atoms with van der Waals surface area (Å²) in [6, 6.07) is 7.69. The van der Waals surface area contributed by atoms with Crippen LogP contribution in [-0.2, 0) is 11.2 Å². The SMILES string of the molecule is C[C@H](Cc1cncc(Cl)n1)c1cccc(NC(=O)OC(C)(C)C)c1. The van der Waals surface area contributed by atoms with E-state index in [1.165, 1.54) is 6.20 Å². The largest absolute Gasteiger partial charge is 0.444 e. The third-order valence-electron chi connectivity index (χ3n) is 3.27. The summed E-state index contributed by atoms with van der Waals surface area (Å²) in [6.07, 6.45) is 3.48. The molecule has 1 atom stereocenters. The first-order chi connectivity index (χ1) is 11.2. The minimum atomic E-state index is -0.528. The molecule has 2 aromatic rings. The molecule has 0 saturated heterocycles. The number of rotatable bonds is 4. The van der Waals surface area contributed by atoms with Crippen LogP contribution in [0.4, 0.5) is 10.5 Å². The van der Waals surface area contributed by atoms with Gasteiger partial charge in [0.15, 0.2) is 0 Å². The molecule has 0 spiro atoms. The van der Waals surface area contributed by atoms with Crippen molar-refractivity contribution in [2.45, 2.75) is 45.6 Å². The lowest BCUT2D eigenvalue weighted by molar-refractivity contribution is 0.0636. The number of aromatic nitrogens is 2. The zero-order chi connectivity index (χ0) is 17.7. The van der Waals surface area contributed by atoms with E-state index in [9.17, 15) is 4.79 Å². The fraction of sp³-hybridized carbons (Fsp3) is 0.389. The molecule has 1 amide bonds. The highest BCUT2D eigenvalue weighted by molar-refractivity contribution is 6.29. The second-order valence-corrected chi connectivity index (χ2v) is 7.08. The number of hydrogen-bond acceptors (Lipinski definition) is 4. The Morgan fingerprint density at radius 2 is 2.08 bits per heavy atom. The summed E-state index contributed by atoms with van der Waals surface area (Å²) in [5.41, 5.74) is 2.09. The lowest BCUT2D eigenvalue weighted by Crippen LogP contribution is -2.27. The Bertz CT molecular complexity index is 713. The van der Waals surface area contributed by atoms with Crippen LogP contribution < -0.4 is 5.32 Å². The Hall–Kier alpha value is -2.14. The quantitative estimate of drug-likeness (QED) is 0.860. The van der Waals surface area contributed by atoms with Crippen LogP contribution >= 0.6 is 11.6 Å². The molecule has 0 radical (unpaired) electrons. The highest BCUT2D eigenvalue weighted by Gasteiger charge is 2.16. The lowest BCUT2D eigenvalue weighted by Gasteiger charge is -2.20. The summed E-state index contributed by atoms with van der Waals surface area (Å²) in [4.78, 5) is 20.2. The molecule has 0 aliphatic carbocycles. The van der Waals surface area contributed by atoms with Crippen molar-refractivity contribution in [1.82, 2.24) is 9.97 Å². The second-order valence-electron chi connectivity index (χ2n) is 6.69. The van der Waals surface area contributed by atoms with E-state index < -0.39 is 11.7 Å². The Balaban J connectivity index is 2.05. The molecule has 0 aliphatic rings. The molecule has 0 saturated carbocycles. The molecular weight excluding hydrogens is 326 g/mol. The molecule has 1 aromatic heterocycles. The van der Waals surface area contributed by atoms with Gasteiger partial charge in [-0.1, -0.05) is 30.7 Å². The Labute approximate surface area is 147 Å². The lowest BCUT2D eigenvalue weighted by atomic mass is 9.96. The number of carbonyl (C=O) groups excluding carboxylic acids is 1. The van der Waals surface area contributed by atoms with Gasteiger partial charge in [-0.3, -0.25) is 10.3 Å². The van der Waals surface area contributed by atoms with Crippen LogP contribution in [0.3, 0.4) is 0 Å². The molecule has 6 heteroatoms. The fourth-order valence-corrected chi connectivity index (χ4v) is 2.42. The standard InChI is InChI=1S/C18H22ClN3O2/c1-12(8-15-10-20-11-16(19)21-15)13-6-5-7-14(9-13)22-17(23)24-18(2,3)4/h5-7,9-12H,8H2,1-4H3,(H,22,23)/t12-/m1/s1. The smallest absolute Gasteiger partial charge is 0.412 e. The van der Waals surface area contributed by atoms with Crippen molar-refractivity contribution in [1.29, 1.82) is 0 Å². The van der Waals surface area contributed by atoms with Gasteiger partial charge in [-0.05, 0) is 50.8 Å². The van der Waals surface area contributed by atoms with Crippen LogP contribution in [0.2, 0.25) is 5.15 Å². The number of ether oxygens (including phenoxy) is 1. The molecule has 0 bridgehead atoms. The van der Waals surface area contributed by atoms with Gasteiger partial charge in [0.05, 0.1) is 11.9 Å². The molecule has 128 valence electrons. The van der Waals surface area contributed by atoms with Crippen LogP contribution in [0.15, 0.2) is 36.7 Å². The molecule has 1 aromatic carbocycles. The number of benzene rings is 1. The van der Waals surface area contributed by atoms with Gasteiger partial charge < -0.3 is 4.74 Å². The van der Waals surface area contributed by atoms with E-state index in [2.05, 4.69) is 22.2 Å². The van der Waals surface area contributed by atoms with Gasteiger partial charge in [0.2, 0.25) is 0 Å². The highest BCUT2D eigenvalue weighted by Crippen LogP contribution is 2.23. The Kier molecular flexibility index (Phi) is 5.78. The van der Waals surface area contributed by atoms with Crippen molar-refractivity contribution >= 4 is 23.4 Å². The Morgan fingerprint density at radius 1 is 1.33 bits per heavy atom. The number of nitrogens with zero attached hydrogens (tertiary/aromatic N) is 2. The average Bonchev–Trinajstić information content (AvgIpc) is 2.45. The van der Waals surface area contributed by atoms with E-state index in [1.807, 2.05) is 45.0 Å².